The van der Waals surface area contributed by atoms with Gasteiger partial charge in [-0.05, 0) is 6.42 Å². The molecule has 0 radical (unpaired) electrons. The molecule has 1 saturated heterocycles. The molecule has 0 spiro atoms. The molecular formula is C12H25N3O4S. The maximum absolute atomic E-state index is 11.9. The molecule has 0 saturated carbocycles. The molecule has 1 aliphatic heterocycles. The van der Waals surface area contributed by atoms with Crippen LogP contribution in [0.4, 0.5) is 0 Å². The van der Waals surface area contributed by atoms with Crippen molar-refractivity contribution in [2.45, 2.75) is 25.9 Å². The van der Waals surface area contributed by atoms with Crippen LogP contribution in [-0.4, -0.2) is 80.9 Å². The van der Waals surface area contributed by atoms with Crippen molar-refractivity contribution in [2.75, 3.05) is 45.5 Å². The van der Waals surface area contributed by atoms with Gasteiger partial charge >= 0.3 is 0 Å². The van der Waals surface area contributed by atoms with Crippen LogP contribution in [0, 0.1) is 0 Å². The molecule has 0 aromatic rings. The van der Waals surface area contributed by atoms with Crippen LogP contribution in [0.15, 0.2) is 0 Å². The fourth-order valence-corrected chi connectivity index (χ4v) is 2.58. The zero-order chi connectivity index (χ0) is 15.2. The van der Waals surface area contributed by atoms with Gasteiger partial charge in [-0.3, -0.25) is 9.69 Å². The number of piperazine rings is 1. The van der Waals surface area contributed by atoms with Crippen molar-refractivity contribution >= 4 is 15.9 Å². The number of rotatable bonds is 7. The van der Waals surface area contributed by atoms with Crippen LogP contribution in [-0.2, 0) is 14.8 Å². The third-order valence-corrected chi connectivity index (χ3v) is 4.10. The van der Waals surface area contributed by atoms with Gasteiger partial charge in [-0.25, -0.2) is 13.1 Å². The second kappa shape index (κ2) is 7.92. The van der Waals surface area contributed by atoms with Crippen LogP contribution in [0.5, 0.6) is 0 Å². The Balaban J connectivity index is 2.25. The molecule has 2 N–H and O–H groups in total. The first-order valence-corrected chi connectivity index (χ1v) is 8.83. The molecule has 20 heavy (non-hydrogen) atoms. The average Bonchev–Trinajstić information content (AvgIpc) is 2.37. The Labute approximate surface area is 121 Å². The van der Waals surface area contributed by atoms with Crippen molar-refractivity contribution in [1.29, 1.82) is 0 Å². The van der Waals surface area contributed by atoms with E-state index in [2.05, 4.69) is 9.62 Å². The molecule has 1 heterocycles. The van der Waals surface area contributed by atoms with Gasteiger partial charge in [0.25, 0.3) is 0 Å². The highest BCUT2D eigenvalue weighted by Crippen LogP contribution is 2.05. The van der Waals surface area contributed by atoms with E-state index in [-0.39, 0.29) is 25.0 Å². The summed E-state index contributed by atoms with van der Waals surface area (Å²) >= 11 is 0. The number of carbonyl (C=O) groups excluding carboxylic acids is 1. The minimum Gasteiger partial charge on any atom is -0.392 e. The van der Waals surface area contributed by atoms with Gasteiger partial charge in [0, 0.05) is 45.7 Å². The Morgan fingerprint density at radius 3 is 2.40 bits per heavy atom. The van der Waals surface area contributed by atoms with Crippen LogP contribution in [0.1, 0.15) is 19.8 Å². The third-order valence-electron chi connectivity index (χ3n) is 3.37. The predicted molar refractivity (Wildman–Crippen MR) is 76.8 cm³/mol. The fourth-order valence-electron chi connectivity index (χ4n) is 2.11. The van der Waals surface area contributed by atoms with Crippen LogP contribution >= 0.6 is 0 Å². The molecule has 0 aromatic carbocycles. The Morgan fingerprint density at radius 1 is 1.30 bits per heavy atom. The summed E-state index contributed by atoms with van der Waals surface area (Å²) < 4.78 is 24.1. The van der Waals surface area contributed by atoms with E-state index in [1.165, 1.54) is 0 Å². The number of nitrogens with one attached hydrogen (secondary N) is 1. The maximum Gasteiger partial charge on any atom is 0.223 e. The van der Waals surface area contributed by atoms with E-state index in [0.29, 0.717) is 19.6 Å². The van der Waals surface area contributed by atoms with Crippen LogP contribution < -0.4 is 4.72 Å². The molecule has 7 nitrogen and oxygen atoms in total. The zero-order valence-corrected chi connectivity index (χ0v) is 13.0. The number of β-amino-alcohol motifs (C(OH)–C–C–N with tert-alkyl or cyclic N) is 1. The standard InChI is InChI=1S/C12H25N3O4S/c1-3-11(16)10-14-6-8-15(9-7-14)12(17)4-5-13-20(2,18)19/h11,13,16H,3-10H2,1-2H3. The Hall–Kier alpha value is -0.700. The van der Waals surface area contributed by atoms with E-state index in [1.54, 1.807) is 4.90 Å². The quantitative estimate of drug-likeness (QED) is 0.619. The highest BCUT2D eigenvalue weighted by atomic mass is 32.2. The van der Waals surface area contributed by atoms with Gasteiger partial charge in [-0.2, -0.15) is 0 Å². The van der Waals surface area contributed by atoms with Gasteiger partial charge < -0.3 is 10.0 Å². The van der Waals surface area contributed by atoms with E-state index < -0.39 is 10.0 Å². The number of sulfonamides is 1. The van der Waals surface area contributed by atoms with E-state index in [0.717, 1.165) is 25.8 Å². The summed E-state index contributed by atoms with van der Waals surface area (Å²) in [6, 6.07) is 0. The van der Waals surface area contributed by atoms with Crippen molar-refractivity contribution in [3.8, 4) is 0 Å². The number of hydrogen-bond acceptors (Lipinski definition) is 5. The van der Waals surface area contributed by atoms with E-state index >= 15 is 0 Å². The smallest absolute Gasteiger partial charge is 0.223 e. The van der Waals surface area contributed by atoms with Gasteiger partial charge in [0.15, 0.2) is 0 Å². The van der Waals surface area contributed by atoms with Gasteiger partial charge in [0.2, 0.25) is 15.9 Å². The molecule has 1 fully saturated rings. The first kappa shape index (κ1) is 17.4. The molecule has 1 atom stereocenters. The van der Waals surface area contributed by atoms with Crippen molar-refractivity contribution in [3.63, 3.8) is 0 Å². The summed E-state index contributed by atoms with van der Waals surface area (Å²) in [4.78, 5) is 15.8. The predicted octanol–water partition coefficient (Wildman–Crippen LogP) is -1.16. The molecule has 1 unspecified atom stereocenters. The minimum absolute atomic E-state index is 0.0307. The molecule has 1 aliphatic rings. The van der Waals surface area contributed by atoms with Gasteiger partial charge in [-0.15, -0.1) is 0 Å². The summed E-state index contributed by atoms with van der Waals surface area (Å²) in [6.07, 6.45) is 1.69. The lowest BCUT2D eigenvalue weighted by Gasteiger charge is -2.35. The second-order valence-electron chi connectivity index (χ2n) is 5.16. The molecule has 0 aliphatic carbocycles. The zero-order valence-electron chi connectivity index (χ0n) is 12.2. The number of hydrogen-bond donors (Lipinski definition) is 2. The van der Waals surface area contributed by atoms with Crippen LogP contribution in [0.2, 0.25) is 0 Å². The minimum atomic E-state index is -3.23. The van der Waals surface area contributed by atoms with Crippen molar-refractivity contribution in [3.05, 3.63) is 0 Å². The normalized spacial score (nSPS) is 19.1. The monoisotopic (exact) mass is 307 g/mol. The lowest BCUT2D eigenvalue weighted by atomic mass is 10.2. The molecular weight excluding hydrogens is 282 g/mol. The van der Waals surface area contributed by atoms with Crippen molar-refractivity contribution in [1.82, 2.24) is 14.5 Å². The van der Waals surface area contributed by atoms with Gasteiger partial charge in [-0.1, -0.05) is 6.92 Å². The summed E-state index contributed by atoms with van der Waals surface area (Å²) in [7, 11) is -3.23. The maximum atomic E-state index is 11.9. The number of amides is 1. The number of aliphatic hydroxyl groups excluding tert-OH is 1. The SMILES string of the molecule is CCC(O)CN1CCN(C(=O)CCNS(C)(=O)=O)CC1. The number of aliphatic hydroxyl groups is 1. The van der Waals surface area contributed by atoms with Gasteiger partial charge in [0.05, 0.1) is 12.4 Å². The Morgan fingerprint density at radius 2 is 1.90 bits per heavy atom. The lowest BCUT2D eigenvalue weighted by molar-refractivity contribution is -0.132. The molecule has 8 heteroatoms. The van der Waals surface area contributed by atoms with Crippen LogP contribution in [0.25, 0.3) is 0 Å². The Kier molecular flexibility index (Phi) is 6.87. The third kappa shape index (κ3) is 6.65. The number of nitrogens with zero attached hydrogens (tertiary/aromatic N) is 2. The summed E-state index contributed by atoms with van der Waals surface area (Å²) in [5.74, 6) is -0.0307. The molecule has 0 bridgehead atoms. The molecule has 1 rings (SSSR count). The van der Waals surface area contributed by atoms with Crippen LogP contribution in [0.3, 0.4) is 0 Å². The molecule has 0 aromatic heterocycles. The molecule has 1 amide bonds. The lowest BCUT2D eigenvalue weighted by Crippen LogP contribution is -2.50. The van der Waals surface area contributed by atoms with Gasteiger partial charge in [0.1, 0.15) is 0 Å². The summed E-state index contributed by atoms with van der Waals surface area (Å²) in [6.45, 7) is 5.51. The Bertz CT molecular complexity index is 405. The fraction of sp³-hybridized carbons (Fsp3) is 0.917. The summed E-state index contributed by atoms with van der Waals surface area (Å²) in [5, 5.41) is 9.59. The van der Waals surface area contributed by atoms with E-state index in [4.69, 9.17) is 0 Å². The summed E-state index contributed by atoms with van der Waals surface area (Å²) in [5.41, 5.74) is 0. The molecule has 118 valence electrons. The van der Waals surface area contributed by atoms with E-state index in [1.807, 2.05) is 6.92 Å². The van der Waals surface area contributed by atoms with E-state index in [9.17, 15) is 18.3 Å². The van der Waals surface area contributed by atoms with Crippen molar-refractivity contribution in [2.24, 2.45) is 0 Å². The first-order chi connectivity index (χ1) is 9.31. The topological polar surface area (TPSA) is 89.9 Å². The highest BCUT2D eigenvalue weighted by Gasteiger charge is 2.21. The first-order valence-electron chi connectivity index (χ1n) is 6.94. The average molecular weight is 307 g/mol. The highest BCUT2D eigenvalue weighted by molar-refractivity contribution is 7.88. The van der Waals surface area contributed by atoms with Crippen molar-refractivity contribution < 1.29 is 18.3 Å². The second-order valence-corrected chi connectivity index (χ2v) is 6.99. The number of carbonyl (C=O) groups is 1. The largest absolute Gasteiger partial charge is 0.392 e.